The van der Waals surface area contributed by atoms with Crippen molar-refractivity contribution >= 4 is 32.7 Å². The van der Waals surface area contributed by atoms with E-state index in [9.17, 15) is 0 Å². The fourth-order valence-corrected chi connectivity index (χ4v) is 2.88. The van der Waals surface area contributed by atoms with Crippen molar-refractivity contribution in [2.75, 3.05) is 11.4 Å². The van der Waals surface area contributed by atoms with Crippen molar-refractivity contribution in [3.8, 4) is 0 Å². The van der Waals surface area contributed by atoms with Crippen molar-refractivity contribution in [3.05, 3.63) is 35.9 Å². The van der Waals surface area contributed by atoms with Crippen molar-refractivity contribution < 1.29 is 0 Å². The van der Waals surface area contributed by atoms with Crippen LogP contribution in [-0.4, -0.2) is 17.6 Å². The van der Waals surface area contributed by atoms with Gasteiger partial charge in [-0.05, 0) is 31.9 Å². The molecule has 3 heteroatoms. The van der Waals surface area contributed by atoms with E-state index >= 15 is 0 Å². The zero-order valence-corrected chi connectivity index (χ0v) is 12.2. The van der Waals surface area contributed by atoms with E-state index in [1.807, 2.05) is 0 Å². The number of hydrogen-bond acceptors (Lipinski definition) is 2. The van der Waals surface area contributed by atoms with Gasteiger partial charge in [-0.25, -0.2) is 4.98 Å². The first kappa shape index (κ1) is 12.0. The molecule has 0 aliphatic heterocycles. The van der Waals surface area contributed by atoms with Crippen molar-refractivity contribution in [2.45, 2.75) is 31.1 Å². The molecule has 0 atom stereocenters. The average Bonchev–Trinajstić information content (AvgIpc) is 3.23. The number of fused-ring (bicyclic) bond motifs is 1. The van der Waals surface area contributed by atoms with Crippen molar-refractivity contribution in [2.24, 2.45) is 0 Å². The number of benzene rings is 1. The number of rotatable bonds is 4. The summed E-state index contributed by atoms with van der Waals surface area (Å²) in [4.78, 5) is 7.32. The molecule has 1 aliphatic carbocycles. The second kappa shape index (κ2) is 4.88. The number of anilines is 1. The number of halogens is 1. The van der Waals surface area contributed by atoms with Crippen LogP contribution in [0.15, 0.2) is 30.3 Å². The third kappa shape index (κ3) is 2.12. The Balaban J connectivity index is 2.13. The van der Waals surface area contributed by atoms with Crippen molar-refractivity contribution in [1.29, 1.82) is 0 Å². The molecule has 3 rings (SSSR count). The Morgan fingerprint density at radius 3 is 2.78 bits per heavy atom. The van der Waals surface area contributed by atoms with E-state index in [2.05, 4.69) is 58.1 Å². The highest BCUT2D eigenvalue weighted by molar-refractivity contribution is 9.08. The molecule has 0 amide bonds. The molecule has 1 aromatic carbocycles. The van der Waals surface area contributed by atoms with Gasteiger partial charge in [0.25, 0.3) is 0 Å². The monoisotopic (exact) mass is 304 g/mol. The lowest BCUT2D eigenvalue weighted by Gasteiger charge is -2.24. The molecule has 1 fully saturated rings. The maximum absolute atomic E-state index is 4.87. The lowest BCUT2D eigenvalue weighted by Crippen LogP contribution is -2.27. The van der Waals surface area contributed by atoms with Gasteiger partial charge in [0, 0.05) is 28.9 Å². The zero-order chi connectivity index (χ0) is 12.5. The predicted octanol–water partition coefficient (Wildman–Crippen LogP) is 4.12. The van der Waals surface area contributed by atoms with Crippen molar-refractivity contribution in [1.82, 2.24) is 4.98 Å². The standard InChI is InChI=1S/C15H17BrN2/c1-2-18(13-7-8-13)15-12(10-16)9-11-5-3-4-6-14(11)17-15/h3-6,9,13H,2,7-8,10H2,1H3. The predicted molar refractivity (Wildman–Crippen MR) is 80.4 cm³/mol. The second-order valence-corrected chi connectivity index (χ2v) is 5.38. The number of nitrogens with zero attached hydrogens (tertiary/aromatic N) is 2. The second-order valence-electron chi connectivity index (χ2n) is 4.81. The summed E-state index contributed by atoms with van der Waals surface area (Å²) in [6, 6.07) is 11.3. The van der Waals surface area contributed by atoms with Gasteiger partial charge in [0.05, 0.1) is 5.52 Å². The first-order valence-corrected chi connectivity index (χ1v) is 7.67. The Morgan fingerprint density at radius 2 is 2.11 bits per heavy atom. The molecule has 0 N–H and O–H groups in total. The molecule has 0 spiro atoms. The summed E-state index contributed by atoms with van der Waals surface area (Å²) in [6.07, 6.45) is 2.62. The highest BCUT2D eigenvalue weighted by Crippen LogP contribution is 2.34. The van der Waals surface area contributed by atoms with Gasteiger partial charge in [-0.1, -0.05) is 34.1 Å². The smallest absolute Gasteiger partial charge is 0.133 e. The van der Waals surface area contributed by atoms with Gasteiger partial charge in [0.15, 0.2) is 0 Å². The van der Waals surface area contributed by atoms with E-state index in [4.69, 9.17) is 4.98 Å². The van der Waals surface area contributed by atoms with Gasteiger partial charge < -0.3 is 4.90 Å². The lowest BCUT2D eigenvalue weighted by molar-refractivity contribution is 0.806. The highest BCUT2D eigenvalue weighted by atomic mass is 79.9. The number of aromatic nitrogens is 1. The van der Waals surface area contributed by atoms with E-state index in [1.54, 1.807) is 0 Å². The maximum atomic E-state index is 4.87. The van der Waals surface area contributed by atoms with Gasteiger partial charge in [-0.15, -0.1) is 0 Å². The Labute approximate surface area is 116 Å². The molecule has 0 unspecified atom stereocenters. The third-order valence-corrected chi connectivity index (χ3v) is 4.13. The fourth-order valence-electron chi connectivity index (χ4n) is 2.46. The number of para-hydroxylation sites is 1. The SMILES string of the molecule is CCN(c1nc2ccccc2cc1CBr)C1CC1. The fraction of sp³-hybridized carbons (Fsp3) is 0.400. The first-order chi connectivity index (χ1) is 8.83. The van der Waals surface area contributed by atoms with Crippen LogP contribution in [0.1, 0.15) is 25.3 Å². The number of pyridine rings is 1. The van der Waals surface area contributed by atoms with Crippen molar-refractivity contribution in [3.63, 3.8) is 0 Å². The quantitative estimate of drug-likeness (QED) is 0.790. The first-order valence-electron chi connectivity index (χ1n) is 6.54. The summed E-state index contributed by atoms with van der Waals surface area (Å²) < 4.78 is 0. The third-order valence-electron chi connectivity index (χ3n) is 3.52. The molecule has 18 heavy (non-hydrogen) atoms. The Bertz CT molecular complexity index is 563. The topological polar surface area (TPSA) is 16.1 Å². The van der Waals surface area contributed by atoms with Crippen LogP contribution in [0.4, 0.5) is 5.82 Å². The molecule has 1 heterocycles. The summed E-state index contributed by atoms with van der Waals surface area (Å²) in [6.45, 7) is 3.25. The number of hydrogen-bond donors (Lipinski definition) is 0. The van der Waals surface area contributed by atoms with Crippen LogP contribution in [-0.2, 0) is 5.33 Å². The number of alkyl halides is 1. The van der Waals surface area contributed by atoms with Gasteiger partial charge in [0.1, 0.15) is 5.82 Å². The Morgan fingerprint density at radius 1 is 1.33 bits per heavy atom. The maximum Gasteiger partial charge on any atom is 0.133 e. The lowest BCUT2D eigenvalue weighted by atomic mass is 10.1. The van der Waals surface area contributed by atoms with Crippen LogP contribution >= 0.6 is 15.9 Å². The summed E-state index contributed by atoms with van der Waals surface area (Å²) in [5.41, 5.74) is 2.39. The van der Waals surface area contributed by atoms with E-state index < -0.39 is 0 Å². The zero-order valence-electron chi connectivity index (χ0n) is 10.6. The Kier molecular flexibility index (Phi) is 3.25. The highest BCUT2D eigenvalue weighted by Gasteiger charge is 2.30. The minimum Gasteiger partial charge on any atom is -0.354 e. The van der Waals surface area contributed by atoms with E-state index in [-0.39, 0.29) is 0 Å². The van der Waals surface area contributed by atoms with Crippen LogP contribution in [0.2, 0.25) is 0 Å². The van der Waals surface area contributed by atoms with Crippen LogP contribution in [0.3, 0.4) is 0 Å². The molecule has 0 bridgehead atoms. The average molecular weight is 305 g/mol. The normalized spacial score (nSPS) is 15.0. The van der Waals surface area contributed by atoms with E-state index in [1.165, 1.54) is 23.8 Å². The van der Waals surface area contributed by atoms with Gasteiger partial charge in [0.2, 0.25) is 0 Å². The van der Waals surface area contributed by atoms with Gasteiger partial charge in [-0.2, -0.15) is 0 Å². The van der Waals surface area contributed by atoms with E-state index in [0.717, 1.165) is 23.2 Å². The molecule has 94 valence electrons. The summed E-state index contributed by atoms with van der Waals surface area (Å²) >= 11 is 3.59. The molecule has 0 radical (unpaired) electrons. The van der Waals surface area contributed by atoms with E-state index in [0.29, 0.717) is 6.04 Å². The van der Waals surface area contributed by atoms with Gasteiger partial charge in [-0.3, -0.25) is 0 Å². The van der Waals surface area contributed by atoms with Gasteiger partial charge >= 0.3 is 0 Å². The summed E-state index contributed by atoms with van der Waals surface area (Å²) in [5, 5.41) is 2.09. The summed E-state index contributed by atoms with van der Waals surface area (Å²) in [5.74, 6) is 1.16. The van der Waals surface area contributed by atoms with Crippen LogP contribution in [0.25, 0.3) is 10.9 Å². The van der Waals surface area contributed by atoms with Crippen LogP contribution in [0.5, 0.6) is 0 Å². The molecule has 2 aromatic rings. The molecule has 1 aliphatic rings. The Hall–Kier alpha value is -1.09. The summed E-state index contributed by atoms with van der Waals surface area (Å²) in [7, 11) is 0. The molecular weight excluding hydrogens is 288 g/mol. The minimum absolute atomic E-state index is 0.710. The van der Waals surface area contributed by atoms with Crippen LogP contribution in [0, 0.1) is 0 Å². The molecule has 0 saturated heterocycles. The largest absolute Gasteiger partial charge is 0.354 e. The molecular formula is C15H17BrN2. The van der Waals surface area contributed by atoms with Crippen LogP contribution < -0.4 is 4.90 Å². The molecule has 2 nitrogen and oxygen atoms in total. The minimum atomic E-state index is 0.710. The molecule has 1 saturated carbocycles. The molecule has 1 aromatic heterocycles.